The van der Waals surface area contributed by atoms with Crippen LogP contribution >= 0.6 is 11.6 Å². The maximum atomic E-state index is 13.2. The second kappa shape index (κ2) is 8.59. The molecule has 0 atom stereocenters. The van der Waals surface area contributed by atoms with Gasteiger partial charge in [-0.25, -0.2) is 10.1 Å². The second-order valence-electron chi connectivity index (χ2n) is 7.73. The average Bonchev–Trinajstić information content (AvgIpc) is 3.46. The third-order valence-electron chi connectivity index (χ3n) is 5.62. The molecule has 2 N–H and O–H groups in total. The van der Waals surface area contributed by atoms with Gasteiger partial charge in [-0.2, -0.15) is 0 Å². The molecule has 10 heteroatoms. The Hall–Kier alpha value is -3.85. The summed E-state index contributed by atoms with van der Waals surface area (Å²) >= 11 is 5.95. The Labute approximate surface area is 194 Å². The van der Waals surface area contributed by atoms with E-state index in [0.717, 1.165) is 35.2 Å². The van der Waals surface area contributed by atoms with Crippen molar-refractivity contribution in [2.75, 3.05) is 11.9 Å². The number of carbonyl (C=O) groups excluding carboxylic acids is 1. The van der Waals surface area contributed by atoms with Gasteiger partial charge in [-0.1, -0.05) is 17.7 Å². The molecule has 0 spiro atoms. The summed E-state index contributed by atoms with van der Waals surface area (Å²) in [7, 11) is 0. The zero-order valence-corrected chi connectivity index (χ0v) is 18.5. The van der Waals surface area contributed by atoms with Gasteiger partial charge in [0, 0.05) is 35.3 Å². The first kappa shape index (κ1) is 21.0. The summed E-state index contributed by atoms with van der Waals surface area (Å²) in [5, 5.41) is 17.8. The predicted octanol–water partition coefficient (Wildman–Crippen LogP) is 4.05. The monoisotopic (exact) mass is 461 g/mol. The molecule has 9 nitrogen and oxygen atoms in total. The molecule has 1 aliphatic rings. The fourth-order valence-corrected chi connectivity index (χ4v) is 3.86. The van der Waals surface area contributed by atoms with Crippen molar-refractivity contribution in [2.24, 2.45) is 0 Å². The minimum atomic E-state index is -0.629. The van der Waals surface area contributed by atoms with Crippen molar-refractivity contribution in [1.29, 1.82) is 0 Å². The van der Waals surface area contributed by atoms with Gasteiger partial charge in [-0.05, 0) is 66.1 Å². The minimum absolute atomic E-state index is 0.102. The summed E-state index contributed by atoms with van der Waals surface area (Å²) in [5.41, 5.74) is 3.19. The summed E-state index contributed by atoms with van der Waals surface area (Å²) in [6.07, 6.45) is 4.78. The van der Waals surface area contributed by atoms with Crippen LogP contribution in [-0.2, 0) is 10.2 Å². The van der Waals surface area contributed by atoms with Crippen LogP contribution in [0.3, 0.4) is 0 Å². The highest BCUT2D eigenvalue weighted by molar-refractivity contribution is 6.30. The SMILES string of the molecule is CCOc1ccc(-c2ccc(NC(=O)C3(c4ccc(Cl)cn4)CC3)cc2-c2nnn[nH]2)cn1. The fourth-order valence-electron chi connectivity index (χ4n) is 3.75. The van der Waals surface area contributed by atoms with E-state index in [4.69, 9.17) is 16.3 Å². The van der Waals surface area contributed by atoms with E-state index < -0.39 is 5.41 Å². The molecule has 0 aliphatic heterocycles. The quantitative estimate of drug-likeness (QED) is 0.426. The number of halogens is 1. The topological polar surface area (TPSA) is 119 Å². The van der Waals surface area contributed by atoms with Crippen LogP contribution in [0.25, 0.3) is 22.5 Å². The first-order chi connectivity index (χ1) is 16.1. The van der Waals surface area contributed by atoms with E-state index >= 15 is 0 Å². The van der Waals surface area contributed by atoms with Crippen molar-refractivity contribution in [3.63, 3.8) is 0 Å². The zero-order valence-electron chi connectivity index (χ0n) is 17.7. The van der Waals surface area contributed by atoms with E-state index in [0.29, 0.717) is 29.0 Å². The number of nitrogens with one attached hydrogen (secondary N) is 2. The van der Waals surface area contributed by atoms with Gasteiger partial charge in [0.25, 0.3) is 0 Å². The van der Waals surface area contributed by atoms with E-state index in [9.17, 15) is 4.79 Å². The lowest BCUT2D eigenvalue weighted by molar-refractivity contribution is -0.118. The van der Waals surface area contributed by atoms with Crippen molar-refractivity contribution in [3.05, 3.63) is 65.6 Å². The molecule has 166 valence electrons. The van der Waals surface area contributed by atoms with E-state index in [1.807, 2.05) is 43.3 Å². The number of pyridine rings is 2. The number of amides is 1. The van der Waals surface area contributed by atoms with Crippen LogP contribution in [0.4, 0.5) is 5.69 Å². The maximum Gasteiger partial charge on any atom is 0.236 e. The molecular formula is C23H20ClN7O2. The molecule has 0 bridgehead atoms. The molecule has 1 saturated carbocycles. The number of hydrogen-bond donors (Lipinski definition) is 2. The van der Waals surface area contributed by atoms with Crippen LogP contribution in [0.1, 0.15) is 25.5 Å². The molecule has 33 heavy (non-hydrogen) atoms. The van der Waals surface area contributed by atoms with Crippen LogP contribution in [0.15, 0.2) is 54.9 Å². The van der Waals surface area contributed by atoms with E-state index in [1.165, 1.54) is 0 Å². The molecule has 0 saturated heterocycles. The molecule has 3 heterocycles. The van der Waals surface area contributed by atoms with Crippen LogP contribution in [0.5, 0.6) is 5.88 Å². The van der Waals surface area contributed by atoms with Gasteiger partial charge >= 0.3 is 0 Å². The highest BCUT2D eigenvalue weighted by atomic mass is 35.5. The lowest BCUT2D eigenvalue weighted by Crippen LogP contribution is -2.28. The molecule has 1 aliphatic carbocycles. The molecule has 4 aromatic rings. The van der Waals surface area contributed by atoms with E-state index in [-0.39, 0.29) is 5.91 Å². The Morgan fingerprint density at radius 3 is 2.64 bits per heavy atom. The summed E-state index contributed by atoms with van der Waals surface area (Å²) in [5.74, 6) is 0.934. The first-order valence-corrected chi connectivity index (χ1v) is 10.9. The smallest absolute Gasteiger partial charge is 0.236 e. The number of ether oxygens (including phenoxy) is 1. The molecule has 1 amide bonds. The standard InChI is InChI=1S/C23H20ClN7O2/c1-2-33-20-8-3-14(12-26-20)17-6-5-16(11-18(17)21-28-30-31-29-21)27-22(32)23(9-10-23)19-7-4-15(24)13-25-19/h3-8,11-13H,2,9-10H2,1H3,(H,27,32)(H,28,29,30,31). The van der Waals surface area contributed by atoms with Crippen molar-refractivity contribution in [1.82, 2.24) is 30.6 Å². The highest BCUT2D eigenvalue weighted by Crippen LogP contribution is 2.48. The third kappa shape index (κ3) is 4.14. The second-order valence-corrected chi connectivity index (χ2v) is 8.16. The number of anilines is 1. The van der Waals surface area contributed by atoms with Gasteiger partial charge in [0.2, 0.25) is 11.8 Å². The molecule has 3 aromatic heterocycles. The Balaban J connectivity index is 1.45. The number of aromatic nitrogens is 6. The van der Waals surface area contributed by atoms with Crippen LogP contribution in [0.2, 0.25) is 5.02 Å². The van der Waals surface area contributed by atoms with E-state index in [1.54, 1.807) is 18.5 Å². The van der Waals surface area contributed by atoms with Gasteiger partial charge in [0.1, 0.15) is 0 Å². The van der Waals surface area contributed by atoms with Gasteiger partial charge in [-0.15, -0.1) is 5.10 Å². The molecule has 0 unspecified atom stereocenters. The molecule has 0 radical (unpaired) electrons. The number of H-pyrrole nitrogens is 1. The molecule has 1 aromatic carbocycles. The van der Waals surface area contributed by atoms with Crippen molar-refractivity contribution in [3.8, 4) is 28.4 Å². The number of benzene rings is 1. The number of nitrogens with zero attached hydrogens (tertiary/aromatic N) is 5. The Morgan fingerprint density at radius 2 is 2.00 bits per heavy atom. The maximum absolute atomic E-state index is 13.2. The fraction of sp³-hybridized carbons (Fsp3) is 0.217. The Bertz CT molecular complexity index is 1270. The highest BCUT2D eigenvalue weighted by Gasteiger charge is 2.52. The van der Waals surface area contributed by atoms with Gasteiger partial charge in [-0.3, -0.25) is 9.78 Å². The summed E-state index contributed by atoms with van der Waals surface area (Å²) in [6, 6.07) is 12.9. The van der Waals surface area contributed by atoms with Crippen LogP contribution in [-0.4, -0.2) is 43.1 Å². The predicted molar refractivity (Wildman–Crippen MR) is 123 cm³/mol. The van der Waals surface area contributed by atoms with Crippen LogP contribution < -0.4 is 10.1 Å². The first-order valence-electron chi connectivity index (χ1n) is 10.5. The average molecular weight is 462 g/mol. The molecule has 5 rings (SSSR count). The van der Waals surface area contributed by atoms with Crippen molar-refractivity contribution >= 4 is 23.2 Å². The number of tetrazole rings is 1. The van der Waals surface area contributed by atoms with Crippen LogP contribution in [0, 0.1) is 0 Å². The lowest BCUT2D eigenvalue weighted by atomic mass is 9.98. The zero-order chi connectivity index (χ0) is 22.8. The largest absolute Gasteiger partial charge is 0.478 e. The van der Waals surface area contributed by atoms with Crippen molar-refractivity contribution in [2.45, 2.75) is 25.2 Å². The molecule has 1 fully saturated rings. The minimum Gasteiger partial charge on any atom is -0.478 e. The normalized spacial score (nSPS) is 14.0. The number of carbonyl (C=O) groups is 1. The summed E-state index contributed by atoms with van der Waals surface area (Å²) in [4.78, 5) is 21.9. The number of rotatable bonds is 7. The number of hydrogen-bond acceptors (Lipinski definition) is 7. The Morgan fingerprint density at radius 1 is 1.12 bits per heavy atom. The molecular weight excluding hydrogens is 442 g/mol. The third-order valence-corrected chi connectivity index (χ3v) is 5.84. The van der Waals surface area contributed by atoms with Crippen molar-refractivity contribution < 1.29 is 9.53 Å². The number of aromatic amines is 1. The Kier molecular flexibility index (Phi) is 5.47. The van der Waals surface area contributed by atoms with E-state index in [2.05, 4.69) is 35.9 Å². The van der Waals surface area contributed by atoms with Gasteiger partial charge in [0.15, 0.2) is 5.82 Å². The van der Waals surface area contributed by atoms with Gasteiger partial charge < -0.3 is 10.1 Å². The lowest BCUT2D eigenvalue weighted by Gasteiger charge is -2.16. The van der Waals surface area contributed by atoms with Gasteiger partial charge in [0.05, 0.1) is 22.7 Å². The summed E-state index contributed by atoms with van der Waals surface area (Å²) < 4.78 is 5.43. The summed E-state index contributed by atoms with van der Waals surface area (Å²) in [6.45, 7) is 2.45.